The van der Waals surface area contributed by atoms with Crippen molar-refractivity contribution in [1.82, 2.24) is 0 Å². The first-order valence-electron chi connectivity index (χ1n) is 5.38. The van der Waals surface area contributed by atoms with Gasteiger partial charge in [0.25, 0.3) is 0 Å². The Labute approximate surface area is 86.9 Å². The maximum Gasteiger partial charge on any atom is 0.131 e. The minimum atomic E-state index is 1.18. The molecule has 1 rings (SSSR count). The van der Waals surface area contributed by atoms with E-state index < -0.39 is 0 Å². The van der Waals surface area contributed by atoms with Gasteiger partial charge in [-0.05, 0) is 18.6 Å². The van der Waals surface area contributed by atoms with Crippen LogP contribution in [-0.2, 0) is 0 Å². The van der Waals surface area contributed by atoms with E-state index in [4.69, 9.17) is 0 Å². The summed E-state index contributed by atoms with van der Waals surface area (Å²) in [7, 11) is 4.17. The Morgan fingerprint density at radius 1 is 1.21 bits per heavy atom. The number of hydrogen-bond acceptors (Lipinski definition) is 1. The summed E-state index contributed by atoms with van der Waals surface area (Å²) < 4.78 is 0. The molecule has 0 spiro atoms. The lowest BCUT2D eigenvalue weighted by Gasteiger charge is -2.13. The zero-order valence-electron chi connectivity index (χ0n) is 9.43. The molecule has 2 heteroatoms. The highest BCUT2D eigenvalue weighted by Crippen LogP contribution is 2.08. The molecule has 1 unspecified atom stereocenters. The number of unbranched alkanes of at least 4 members (excludes halogenated alkanes) is 1. The summed E-state index contributed by atoms with van der Waals surface area (Å²) in [4.78, 5) is 1.49. The maximum atomic E-state index is 3.13. The summed E-state index contributed by atoms with van der Waals surface area (Å²) in [5, 5.41) is 3.13. The Morgan fingerprint density at radius 3 is 2.36 bits per heavy atom. The SMILES string of the molecule is CCCC[NH+](C)c1ccc(NC)cc1. The fraction of sp³-hybridized carbons (Fsp3) is 0.500. The third-order valence-electron chi connectivity index (χ3n) is 2.57. The topological polar surface area (TPSA) is 16.5 Å². The van der Waals surface area contributed by atoms with Crippen LogP contribution in [0.25, 0.3) is 0 Å². The predicted octanol–water partition coefficient (Wildman–Crippen LogP) is 1.67. The number of rotatable bonds is 5. The van der Waals surface area contributed by atoms with E-state index in [-0.39, 0.29) is 0 Å². The summed E-state index contributed by atoms with van der Waals surface area (Å²) in [5.74, 6) is 0. The summed E-state index contributed by atoms with van der Waals surface area (Å²) in [5.41, 5.74) is 2.55. The van der Waals surface area contributed by atoms with Crippen LogP contribution in [0, 0.1) is 0 Å². The Hall–Kier alpha value is -1.02. The molecular formula is C12H21N2+. The number of nitrogens with one attached hydrogen (secondary N) is 2. The van der Waals surface area contributed by atoms with Crippen molar-refractivity contribution in [2.24, 2.45) is 0 Å². The lowest BCUT2D eigenvalue weighted by atomic mass is 10.2. The molecule has 2 nitrogen and oxygen atoms in total. The van der Waals surface area contributed by atoms with Gasteiger partial charge in [0.1, 0.15) is 5.69 Å². The van der Waals surface area contributed by atoms with E-state index in [1.807, 2.05) is 7.05 Å². The normalized spacial score (nSPS) is 12.5. The first-order valence-corrected chi connectivity index (χ1v) is 5.38. The van der Waals surface area contributed by atoms with Gasteiger partial charge in [-0.3, -0.25) is 0 Å². The molecule has 0 fully saturated rings. The van der Waals surface area contributed by atoms with Gasteiger partial charge in [-0.15, -0.1) is 0 Å². The van der Waals surface area contributed by atoms with E-state index in [0.717, 1.165) is 0 Å². The second kappa shape index (κ2) is 5.66. The van der Waals surface area contributed by atoms with Gasteiger partial charge >= 0.3 is 0 Å². The van der Waals surface area contributed by atoms with Crippen LogP contribution >= 0.6 is 0 Å². The molecule has 0 aliphatic rings. The molecule has 1 aromatic carbocycles. The van der Waals surface area contributed by atoms with Crippen LogP contribution in [0.3, 0.4) is 0 Å². The lowest BCUT2D eigenvalue weighted by Crippen LogP contribution is -3.03. The molecule has 0 radical (unpaired) electrons. The van der Waals surface area contributed by atoms with Gasteiger partial charge in [-0.1, -0.05) is 13.3 Å². The quantitative estimate of drug-likeness (QED) is 0.727. The lowest BCUT2D eigenvalue weighted by molar-refractivity contribution is -0.810. The van der Waals surface area contributed by atoms with Crippen LogP contribution in [0.5, 0.6) is 0 Å². The standard InChI is InChI=1S/C12H20N2/c1-4-5-10-14(3)12-8-6-11(13-2)7-9-12/h6-9,13H,4-5,10H2,1-3H3/p+1. The molecule has 0 amide bonds. The molecule has 0 saturated carbocycles. The highest BCUT2D eigenvalue weighted by Gasteiger charge is 2.04. The minimum absolute atomic E-state index is 1.18. The second-order valence-corrected chi connectivity index (χ2v) is 3.71. The van der Waals surface area contributed by atoms with E-state index in [9.17, 15) is 0 Å². The van der Waals surface area contributed by atoms with Gasteiger partial charge in [-0.2, -0.15) is 0 Å². The molecule has 14 heavy (non-hydrogen) atoms. The van der Waals surface area contributed by atoms with E-state index in [1.54, 1.807) is 0 Å². The van der Waals surface area contributed by atoms with Gasteiger partial charge in [-0.25, -0.2) is 0 Å². The molecule has 1 aromatic rings. The van der Waals surface area contributed by atoms with Crippen molar-refractivity contribution in [3.8, 4) is 0 Å². The predicted molar refractivity (Wildman–Crippen MR) is 62.3 cm³/mol. The van der Waals surface area contributed by atoms with Crippen molar-refractivity contribution in [1.29, 1.82) is 0 Å². The molecule has 0 bridgehead atoms. The largest absolute Gasteiger partial charge is 0.388 e. The molecular weight excluding hydrogens is 172 g/mol. The number of anilines is 1. The van der Waals surface area contributed by atoms with Crippen LogP contribution in [-0.4, -0.2) is 20.6 Å². The number of quaternary nitrogens is 1. The van der Waals surface area contributed by atoms with Gasteiger partial charge in [0.05, 0.1) is 13.6 Å². The molecule has 2 N–H and O–H groups in total. The summed E-state index contributed by atoms with van der Waals surface area (Å²) in [6, 6.07) is 8.64. The van der Waals surface area contributed by atoms with Crippen molar-refractivity contribution >= 4 is 11.4 Å². The first-order chi connectivity index (χ1) is 6.77. The highest BCUT2D eigenvalue weighted by molar-refractivity contribution is 5.47. The molecule has 1 atom stereocenters. The van der Waals surface area contributed by atoms with Gasteiger partial charge in [0, 0.05) is 24.9 Å². The molecule has 0 aromatic heterocycles. The monoisotopic (exact) mass is 193 g/mol. The van der Waals surface area contributed by atoms with Crippen molar-refractivity contribution in [3.63, 3.8) is 0 Å². The van der Waals surface area contributed by atoms with E-state index in [0.29, 0.717) is 0 Å². The van der Waals surface area contributed by atoms with Gasteiger partial charge in [0.15, 0.2) is 0 Å². The average Bonchev–Trinajstić information content (AvgIpc) is 2.26. The van der Waals surface area contributed by atoms with E-state index in [1.165, 1.54) is 35.7 Å². The van der Waals surface area contributed by atoms with Gasteiger partial charge < -0.3 is 10.2 Å². The Balaban J connectivity index is 2.57. The van der Waals surface area contributed by atoms with Crippen molar-refractivity contribution < 1.29 is 4.90 Å². The Bertz CT molecular complexity index is 254. The van der Waals surface area contributed by atoms with Gasteiger partial charge in [0.2, 0.25) is 0 Å². The van der Waals surface area contributed by atoms with Crippen LogP contribution in [0.15, 0.2) is 24.3 Å². The van der Waals surface area contributed by atoms with Crippen LogP contribution in [0.1, 0.15) is 19.8 Å². The maximum absolute atomic E-state index is 3.13. The van der Waals surface area contributed by atoms with Crippen molar-refractivity contribution in [2.45, 2.75) is 19.8 Å². The number of benzene rings is 1. The first kappa shape index (κ1) is 11.1. The average molecular weight is 193 g/mol. The Morgan fingerprint density at radius 2 is 1.86 bits per heavy atom. The third kappa shape index (κ3) is 3.04. The van der Waals surface area contributed by atoms with E-state index >= 15 is 0 Å². The van der Waals surface area contributed by atoms with Crippen LogP contribution in [0.2, 0.25) is 0 Å². The molecule has 0 aliphatic heterocycles. The Kier molecular flexibility index (Phi) is 4.47. The highest BCUT2D eigenvalue weighted by atomic mass is 15.1. The zero-order valence-corrected chi connectivity index (χ0v) is 9.43. The summed E-state index contributed by atoms with van der Waals surface area (Å²) >= 11 is 0. The molecule has 0 saturated heterocycles. The second-order valence-electron chi connectivity index (χ2n) is 3.71. The molecule has 0 aliphatic carbocycles. The fourth-order valence-corrected chi connectivity index (χ4v) is 1.51. The number of hydrogen-bond donors (Lipinski definition) is 2. The van der Waals surface area contributed by atoms with Crippen molar-refractivity contribution in [3.05, 3.63) is 24.3 Å². The van der Waals surface area contributed by atoms with Crippen LogP contribution < -0.4 is 10.2 Å². The molecule has 0 heterocycles. The molecule has 78 valence electrons. The zero-order chi connectivity index (χ0) is 10.4. The minimum Gasteiger partial charge on any atom is -0.388 e. The van der Waals surface area contributed by atoms with E-state index in [2.05, 4.69) is 43.6 Å². The summed E-state index contributed by atoms with van der Waals surface area (Å²) in [6.45, 7) is 3.45. The fourth-order valence-electron chi connectivity index (χ4n) is 1.51. The summed E-state index contributed by atoms with van der Waals surface area (Å²) in [6.07, 6.45) is 2.56. The third-order valence-corrected chi connectivity index (χ3v) is 2.57. The van der Waals surface area contributed by atoms with Crippen molar-refractivity contribution in [2.75, 3.05) is 26.0 Å². The van der Waals surface area contributed by atoms with Crippen LogP contribution in [0.4, 0.5) is 11.4 Å². The smallest absolute Gasteiger partial charge is 0.131 e.